The minimum absolute atomic E-state index is 0.00737. The van der Waals surface area contributed by atoms with Crippen LogP contribution >= 0.6 is 164 Å². The summed E-state index contributed by atoms with van der Waals surface area (Å²) < 4.78 is 58.9. The Morgan fingerprint density at radius 3 is 1.18 bits per heavy atom. The molecule has 12 aromatic rings. The molecule has 0 unspecified atom stereocenters. The number of carboxylic acid groups (broad SMARTS) is 1. The molecule has 0 radical (unpaired) electrons. The van der Waals surface area contributed by atoms with Crippen molar-refractivity contribution in [2.24, 2.45) is 5.73 Å². The Hall–Kier alpha value is -7.08. The van der Waals surface area contributed by atoms with Crippen molar-refractivity contribution in [2.45, 2.75) is 69.5 Å². The van der Waals surface area contributed by atoms with Gasteiger partial charge in [-0.15, -0.1) is 40.8 Å². The van der Waals surface area contributed by atoms with Crippen LogP contribution in [0.25, 0.3) is 65.6 Å². The fraction of sp³-hybridized carbons (Fsp3) is 0.197. The van der Waals surface area contributed by atoms with Gasteiger partial charge < -0.3 is 47.5 Å². The third-order valence-corrected chi connectivity index (χ3v) is 20.2. The Labute approximate surface area is 743 Å². The van der Waals surface area contributed by atoms with E-state index in [1.807, 2.05) is 108 Å². The molecule has 30 nitrogen and oxygen atoms in total. The van der Waals surface area contributed by atoms with Gasteiger partial charge in [0.05, 0.1) is 58.8 Å². The number of carbonyl (C=O) groups is 5. The molecule has 0 atom stereocenters. The molecule has 0 bridgehead atoms. The first-order valence-corrected chi connectivity index (χ1v) is 46.6. The molecule has 0 fully saturated rings. The highest BCUT2D eigenvalue weighted by Crippen LogP contribution is 2.61. The van der Waals surface area contributed by atoms with Crippen molar-refractivity contribution in [3.05, 3.63) is 203 Å². The number of benzene rings is 7. The summed E-state index contributed by atoms with van der Waals surface area (Å²) in [6.07, 6.45) is 2.28. The number of carbonyl (C=O) groups excluding carboxylic acids is 4. The van der Waals surface area contributed by atoms with E-state index in [9.17, 15) is 50.2 Å². The summed E-state index contributed by atoms with van der Waals surface area (Å²) in [6.45, 7) is 11.9. The molecule has 12 rings (SSSR count). The molecule has 0 aliphatic rings. The number of amides is 3. The maximum atomic E-state index is 12.2. The summed E-state index contributed by atoms with van der Waals surface area (Å²) in [6, 6.07) is 40.5. The van der Waals surface area contributed by atoms with Crippen LogP contribution in [-0.2, 0) is 24.2 Å². The monoisotopic (exact) mass is 2190 g/mol. The van der Waals surface area contributed by atoms with Gasteiger partial charge in [-0.05, 0) is 283 Å². The number of hydrogen-bond donors (Lipinski definition) is 10. The number of nitrogens with one attached hydrogen (secondary N) is 6. The molecule has 0 spiro atoms. The van der Waals surface area contributed by atoms with E-state index in [4.69, 9.17) is 55.7 Å². The van der Waals surface area contributed by atoms with Crippen LogP contribution in [0.2, 0.25) is 10.0 Å². The number of fused-ring (bicyclic) bond motifs is 5. The first-order valence-electron chi connectivity index (χ1n) is 32.9. The number of aromatic amines is 1. The van der Waals surface area contributed by atoms with Gasteiger partial charge in [0.1, 0.15) is 0 Å². The molecule has 115 heavy (non-hydrogen) atoms. The van der Waals surface area contributed by atoms with Gasteiger partial charge in [-0.3, -0.25) is 33.6 Å². The van der Waals surface area contributed by atoms with Gasteiger partial charge >= 0.3 is 18.3 Å². The minimum atomic E-state index is -3.24. The van der Waals surface area contributed by atoms with Crippen LogP contribution in [0.1, 0.15) is 94.0 Å². The van der Waals surface area contributed by atoms with E-state index < -0.39 is 54.3 Å². The normalized spacial score (nSPS) is 10.9. The van der Waals surface area contributed by atoms with Crippen molar-refractivity contribution in [1.29, 1.82) is 0 Å². The Bertz CT molecular complexity index is 5920. The topological polar surface area (TPSA) is 466 Å². The quantitative estimate of drug-likeness (QED) is 0.0222. The SMILES string of the molecule is CC(C)N.CNC(=O)c1nnc2cc(-c3ccc(S(C)(=O)=O)cc3)ccc2c1NC(C)C.CNC(=O)c1nnc2cc(I)ccc2c1Cl.CNC(=O)c1nnc2cc(I)ccc2c1NC(C)C.CS(=O)(=O)c1ccc(B(O)O)cc1.O=C(Cl)c1nnc2cc(I)ccc2c1Cl.O=C(O)c1n[nH]c2cc(I)ccc2c1=O.O=P(Cl)(Cl)Cl. The van der Waals surface area contributed by atoms with Crippen LogP contribution in [0.5, 0.6) is 0 Å². The van der Waals surface area contributed by atoms with Crippen molar-refractivity contribution < 1.29 is 60.5 Å². The molecule has 11 N–H and O–H groups in total. The molecule has 0 aliphatic heterocycles. The Kier molecular flexibility index (Phi) is 38.7. The number of halogens is 10. The van der Waals surface area contributed by atoms with E-state index in [1.165, 1.54) is 37.6 Å². The number of hydrogen-bond acceptors (Lipinski definition) is 25. The molecule has 608 valence electrons. The smallest absolute Gasteiger partial charge is 0.476 e. The van der Waals surface area contributed by atoms with Crippen LogP contribution in [-0.4, -0.2) is 171 Å². The molecule has 3 amide bonds. The second-order valence-electron chi connectivity index (χ2n) is 24.4. The standard InChI is InChI=1S/C20H22N4O3S.C13H15IN4O.C10H7ClIN3O.C9H3Cl2IN2O.C9H5IN2O3.C7H9BO4S.C3H9N.Cl3OP/c1-12(2)22-18-16-10-7-14(11-17(16)23-24-19(18)20(25)21-3)13-5-8-15(9-6-13)28(4,26)27;1-7(2)16-11-9-5-4-8(14)6-10(9)17-18-12(11)13(19)15-3;1-13-10(16)9-8(11)6-3-2-5(12)4-7(6)14-15-9;10-7-5-2-1-4(12)3-6(5)13-14-8(7)9(11)15;10-4-1-2-5-6(3-4)11-12-7(8(5)13)9(14)15;1-13(11,12)7-4-2-6(3-5-7)8(9)10;1-3(2)4;1-5(2,3)4/h5-12H,1-4H3,(H,21,25)(H,22,23);4-7H,1-3H3,(H,15,19)(H,16,17);2-4H,1H3,(H,13,16);1-3H;1-3H,(H,11,13)(H,14,15);2-5,9-10H,1H3;3H,4H2,1-2H3;. The highest BCUT2D eigenvalue weighted by molar-refractivity contribution is 14.1. The molecule has 0 aliphatic carbocycles. The Morgan fingerprint density at radius 2 is 0.809 bits per heavy atom. The van der Waals surface area contributed by atoms with Gasteiger partial charge in [-0.25, -0.2) is 21.6 Å². The van der Waals surface area contributed by atoms with Crippen LogP contribution in [0, 0.1) is 14.3 Å². The predicted octanol–water partition coefficient (Wildman–Crippen LogP) is 14.0. The number of H-pyrrole nitrogens is 1. The second kappa shape index (κ2) is 45.2. The molecule has 5 heterocycles. The summed E-state index contributed by atoms with van der Waals surface area (Å²) in [4.78, 5) is 69.1. The van der Waals surface area contributed by atoms with Gasteiger partial charge in [0.2, 0.25) is 11.1 Å². The van der Waals surface area contributed by atoms with Gasteiger partial charge in [0.25, 0.3) is 23.0 Å². The highest BCUT2D eigenvalue weighted by Gasteiger charge is 2.22. The summed E-state index contributed by atoms with van der Waals surface area (Å²) in [5.74, 6) is -2.20. The van der Waals surface area contributed by atoms with E-state index in [-0.39, 0.29) is 67.2 Å². The molecule has 0 saturated heterocycles. The molecule has 44 heteroatoms. The zero-order valence-electron chi connectivity index (χ0n) is 62.1. The molecule has 0 saturated carbocycles. The lowest BCUT2D eigenvalue weighted by atomic mass is 9.81. The molecule has 7 aromatic carbocycles. The Morgan fingerprint density at radius 1 is 0.487 bits per heavy atom. The highest BCUT2D eigenvalue weighted by atomic mass is 127. The maximum absolute atomic E-state index is 12.2. The zero-order chi connectivity index (χ0) is 86.3. The predicted molar refractivity (Wildman–Crippen MR) is 489 cm³/mol. The van der Waals surface area contributed by atoms with Crippen LogP contribution in [0.4, 0.5) is 11.4 Å². The first-order chi connectivity index (χ1) is 53.7. The molecular weight excluding hydrogens is 2130 g/mol. The lowest BCUT2D eigenvalue weighted by Crippen LogP contribution is -2.29. The average Bonchev–Trinajstić information content (AvgIpc) is 0.787. The van der Waals surface area contributed by atoms with E-state index in [0.717, 1.165) is 59.0 Å². The summed E-state index contributed by atoms with van der Waals surface area (Å²) in [7, 11) is -3.34. The van der Waals surface area contributed by atoms with E-state index in [2.05, 4.69) is 202 Å². The third kappa shape index (κ3) is 30.4. The Balaban J connectivity index is 0.000000245. The van der Waals surface area contributed by atoms with E-state index in [0.29, 0.717) is 55.3 Å². The van der Waals surface area contributed by atoms with Gasteiger partial charge in [-0.1, -0.05) is 79.5 Å². The van der Waals surface area contributed by atoms with Crippen molar-refractivity contribution >= 4 is 291 Å². The van der Waals surface area contributed by atoms with Gasteiger partial charge in [-0.2, -0.15) is 5.10 Å². The summed E-state index contributed by atoms with van der Waals surface area (Å²) in [5.41, 5.74) is 11.5. The number of nitrogens with zero attached hydrogens (tertiary/aromatic N) is 9. The van der Waals surface area contributed by atoms with Crippen molar-refractivity contribution in [3.8, 4) is 11.1 Å². The fourth-order valence-corrected chi connectivity index (χ4v) is 13.2. The van der Waals surface area contributed by atoms with Crippen LogP contribution in [0.3, 0.4) is 0 Å². The third-order valence-electron chi connectivity index (χ3n) is 14.3. The van der Waals surface area contributed by atoms with Gasteiger partial charge in [0.15, 0.2) is 42.5 Å². The van der Waals surface area contributed by atoms with E-state index >= 15 is 0 Å². The van der Waals surface area contributed by atoms with Crippen molar-refractivity contribution in [1.82, 2.24) is 66.9 Å². The number of nitrogens with two attached hydrogens (primary N) is 1. The van der Waals surface area contributed by atoms with E-state index in [1.54, 1.807) is 62.6 Å². The number of anilines is 2. The second-order valence-corrected chi connectivity index (χ2v) is 41.2. The molecular formula is C71H70BCl6I4N16O14PS2. The fourth-order valence-electron chi connectivity index (χ4n) is 9.31. The number of sulfone groups is 2. The number of rotatable bonds is 13. The van der Waals surface area contributed by atoms with Crippen molar-refractivity contribution in [2.75, 3.05) is 44.3 Å². The number of aromatic nitrogens is 10. The summed E-state index contributed by atoms with van der Waals surface area (Å²) in [5, 5.41) is 78.3. The largest absolute Gasteiger partial charge is 0.488 e. The van der Waals surface area contributed by atoms with Crippen molar-refractivity contribution in [3.63, 3.8) is 0 Å². The summed E-state index contributed by atoms with van der Waals surface area (Å²) >= 11 is 39.9. The molecule has 5 aromatic heterocycles. The number of aromatic carboxylic acids is 1. The lowest BCUT2D eigenvalue weighted by molar-refractivity contribution is 0.0686. The number of carboxylic acids is 1. The average molecular weight is 2200 g/mol. The maximum Gasteiger partial charge on any atom is 0.488 e. The minimum Gasteiger partial charge on any atom is -0.476 e. The van der Waals surface area contributed by atoms with Gasteiger partial charge in [0, 0.05) is 87.0 Å². The van der Waals surface area contributed by atoms with Crippen LogP contribution in [0.15, 0.2) is 154 Å². The van der Waals surface area contributed by atoms with Crippen LogP contribution < -0.4 is 43.2 Å². The first kappa shape index (κ1) is 98.5. The zero-order valence-corrected chi connectivity index (χ0v) is 77.8. The lowest BCUT2D eigenvalue weighted by Gasteiger charge is -2.16.